The molecule has 0 atom stereocenters. The van der Waals surface area contributed by atoms with Gasteiger partial charge in [0.15, 0.2) is 0 Å². The van der Waals surface area contributed by atoms with Crippen LogP contribution in [0.5, 0.6) is 0 Å². The molecule has 2 aromatic rings. The van der Waals surface area contributed by atoms with E-state index in [1.54, 1.807) is 18.5 Å². The Bertz CT molecular complexity index is 805. The van der Waals surface area contributed by atoms with E-state index in [-0.39, 0.29) is 18.0 Å². The zero-order valence-electron chi connectivity index (χ0n) is 14.7. The second kappa shape index (κ2) is 7.27. The van der Waals surface area contributed by atoms with Crippen molar-refractivity contribution in [3.05, 3.63) is 36.2 Å². The minimum absolute atomic E-state index is 0.0806. The van der Waals surface area contributed by atoms with Gasteiger partial charge in [0, 0.05) is 44.6 Å². The maximum atomic E-state index is 12.7. The standard InChI is InChI=1S/C19H23N5O2/c25-18(15-4-3-5-16-17(15)21-9-8-20-16)22-14-6-12-24(13-7-14)19(26)23-10-1-2-11-23/h3-5,8-9,14H,1-2,6-7,10-13H2,(H,22,25). The highest BCUT2D eigenvalue weighted by molar-refractivity contribution is 6.04. The molecular formula is C19H23N5O2. The molecule has 0 radical (unpaired) electrons. The van der Waals surface area contributed by atoms with Crippen molar-refractivity contribution in [2.24, 2.45) is 0 Å². The van der Waals surface area contributed by atoms with Crippen LogP contribution >= 0.6 is 0 Å². The number of likely N-dealkylation sites (tertiary alicyclic amines) is 2. The van der Waals surface area contributed by atoms with Gasteiger partial charge in [0.25, 0.3) is 5.91 Å². The lowest BCUT2D eigenvalue weighted by molar-refractivity contribution is 0.0914. The number of hydrogen-bond acceptors (Lipinski definition) is 4. The van der Waals surface area contributed by atoms with Gasteiger partial charge in [-0.05, 0) is 37.8 Å². The number of benzene rings is 1. The minimum atomic E-state index is -0.125. The number of aromatic nitrogens is 2. The molecule has 1 aromatic carbocycles. The average Bonchev–Trinajstić information content (AvgIpc) is 3.22. The lowest BCUT2D eigenvalue weighted by Gasteiger charge is -2.34. The van der Waals surface area contributed by atoms with E-state index in [9.17, 15) is 9.59 Å². The Labute approximate surface area is 152 Å². The van der Waals surface area contributed by atoms with Crippen molar-refractivity contribution < 1.29 is 9.59 Å². The molecule has 3 heterocycles. The third kappa shape index (κ3) is 3.34. The van der Waals surface area contributed by atoms with Gasteiger partial charge < -0.3 is 15.1 Å². The van der Waals surface area contributed by atoms with Crippen molar-refractivity contribution in [2.45, 2.75) is 31.7 Å². The van der Waals surface area contributed by atoms with E-state index >= 15 is 0 Å². The van der Waals surface area contributed by atoms with Gasteiger partial charge in [0.1, 0.15) is 5.52 Å². The van der Waals surface area contributed by atoms with Crippen LogP contribution in [0, 0.1) is 0 Å². The van der Waals surface area contributed by atoms with Crippen LogP contribution in [0.2, 0.25) is 0 Å². The summed E-state index contributed by atoms with van der Waals surface area (Å²) in [6.45, 7) is 3.13. The predicted molar refractivity (Wildman–Crippen MR) is 97.8 cm³/mol. The van der Waals surface area contributed by atoms with Crippen LogP contribution in [0.1, 0.15) is 36.0 Å². The highest BCUT2D eigenvalue weighted by Gasteiger charge is 2.28. The van der Waals surface area contributed by atoms with Gasteiger partial charge in [-0.25, -0.2) is 4.79 Å². The third-order valence-electron chi connectivity index (χ3n) is 5.22. The lowest BCUT2D eigenvalue weighted by Crippen LogP contribution is -2.50. The summed E-state index contributed by atoms with van der Waals surface area (Å²) in [6.07, 6.45) is 6.99. The summed E-state index contributed by atoms with van der Waals surface area (Å²) in [7, 11) is 0. The zero-order chi connectivity index (χ0) is 17.9. The number of rotatable bonds is 2. The van der Waals surface area contributed by atoms with Crippen molar-refractivity contribution in [1.29, 1.82) is 0 Å². The molecule has 7 nitrogen and oxygen atoms in total. The topological polar surface area (TPSA) is 78.4 Å². The van der Waals surface area contributed by atoms with Crippen molar-refractivity contribution >= 4 is 23.0 Å². The molecule has 0 spiro atoms. The molecule has 2 aliphatic heterocycles. The molecule has 0 aliphatic carbocycles. The number of para-hydroxylation sites is 1. The van der Waals surface area contributed by atoms with Crippen molar-refractivity contribution in [2.75, 3.05) is 26.2 Å². The quantitative estimate of drug-likeness (QED) is 0.896. The average molecular weight is 353 g/mol. The fraction of sp³-hybridized carbons (Fsp3) is 0.474. The molecule has 1 N–H and O–H groups in total. The number of nitrogens with zero attached hydrogens (tertiary/aromatic N) is 4. The first-order chi connectivity index (χ1) is 12.7. The lowest BCUT2D eigenvalue weighted by atomic mass is 10.0. The molecule has 26 heavy (non-hydrogen) atoms. The summed E-state index contributed by atoms with van der Waals surface area (Å²) in [5.74, 6) is -0.125. The Hall–Kier alpha value is -2.70. The number of nitrogens with one attached hydrogen (secondary N) is 1. The minimum Gasteiger partial charge on any atom is -0.349 e. The van der Waals surface area contributed by atoms with Gasteiger partial charge in [-0.2, -0.15) is 0 Å². The summed E-state index contributed by atoms with van der Waals surface area (Å²) in [4.78, 5) is 37.5. The monoisotopic (exact) mass is 353 g/mol. The molecular weight excluding hydrogens is 330 g/mol. The number of carbonyl (C=O) groups is 2. The molecule has 2 aliphatic rings. The van der Waals surface area contributed by atoms with E-state index in [0.717, 1.165) is 38.8 Å². The molecule has 7 heteroatoms. The van der Waals surface area contributed by atoms with E-state index in [2.05, 4.69) is 15.3 Å². The zero-order valence-corrected chi connectivity index (χ0v) is 14.7. The fourth-order valence-corrected chi connectivity index (χ4v) is 3.76. The van der Waals surface area contributed by atoms with Gasteiger partial charge in [0.05, 0.1) is 11.1 Å². The Morgan fingerprint density at radius 2 is 1.65 bits per heavy atom. The third-order valence-corrected chi connectivity index (χ3v) is 5.22. The first-order valence-corrected chi connectivity index (χ1v) is 9.27. The molecule has 136 valence electrons. The number of fused-ring (bicyclic) bond motifs is 1. The Kier molecular flexibility index (Phi) is 4.69. The largest absolute Gasteiger partial charge is 0.349 e. The van der Waals surface area contributed by atoms with E-state index in [4.69, 9.17) is 0 Å². The summed E-state index contributed by atoms with van der Waals surface area (Å²) >= 11 is 0. The molecule has 2 saturated heterocycles. The summed E-state index contributed by atoms with van der Waals surface area (Å²) < 4.78 is 0. The first kappa shape index (κ1) is 16.8. The Balaban J connectivity index is 1.36. The van der Waals surface area contributed by atoms with E-state index in [0.29, 0.717) is 29.7 Å². The maximum Gasteiger partial charge on any atom is 0.319 e. The van der Waals surface area contributed by atoms with Crippen LogP contribution in [0.25, 0.3) is 11.0 Å². The second-order valence-corrected chi connectivity index (χ2v) is 6.94. The number of carbonyl (C=O) groups excluding carboxylic acids is 2. The van der Waals surface area contributed by atoms with Crippen LogP contribution in [-0.4, -0.2) is 63.9 Å². The molecule has 1 aromatic heterocycles. The van der Waals surface area contributed by atoms with Crippen LogP contribution in [-0.2, 0) is 0 Å². The van der Waals surface area contributed by atoms with Crippen molar-refractivity contribution in [1.82, 2.24) is 25.1 Å². The molecule has 0 saturated carbocycles. The summed E-state index contributed by atoms with van der Waals surface area (Å²) in [6, 6.07) is 5.68. The van der Waals surface area contributed by atoms with Crippen LogP contribution in [0.3, 0.4) is 0 Å². The summed E-state index contributed by atoms with van der Waals surface area (Å²) in [5.41, 5.74) is 1.88. The number of hydrogen-bond donors (Lipinski definition) is 1. The SMILES string of the molecule is O=C(NC1CCN(C(=O)N2CCCC2)CC1)c1cccc2nccnc12. The Morgan fingerprint density at radius 1 is 0.962 bits per heavy atom. The van der Waals surface area contributed by atoms with Gasteiger partial charge in [-0.1, -0.05) is 6.07 Å². The van der Waals surface area contributed by atoms with E-state index < -0.39 is 0 Å². The summed E-state index contributed by atoms with van der Waals surface area (Å²) in [5, 5.41) is 3.10. The Morgan fingerprint density at radius 3 is 2.42 bits per heavy atom. The highest BCUT2D eigenvalue weighted by atomic mass is 16.2. The fourth-order valence-electron chi connectivity index (χ4n) is 3.76. The van der Waals surface area contributed by atoms with Gasteiger partial charge in [-0.3, -0.25) is 14.8 Å². The number of urea groups is 1. The molecule has 0 bridgehead atoms. The van der Waals surface area contributed by atoms with Crippen molar-refractivity contribution in [3.63, 3.8) is 0 Å². The smallest absolute Gasteiger partial charge is 0.319 e. The predicted octanol–water partition coefficient (Wildman–Crippen LogP) is 2.04. The van der Waals surface area contributed by atoms with Gasteiger partial charge in [-0.15, -0.1) is 0 Å². The van der Waals surface area contributed by atoms with E-state index in [1.807, 2.05) is 21.9 Å². The number of amides is 3. The van der Waals surface area contributed by atoms with Crippen LogP contribution < -0.4 is 5.32 Å². The normalized spacial score (nSPS) is 18.3. The molecule has 0 unspecified atom stereocenters. The number of piperidine rings is 1. The maximum absolute atomic E-state index is 12.7. The first-order valence-electron chi connectivity index (χ1n) is 9.27. The molecule has 3 amide bonds. The van der Waals surface area contributed by atoms with Crippen molar-refractivity contribution in [3.8, 4) is 0 Å². The molecule has 2 fully saturated rings. The second-order valence-electron chi connectivity index (χ2n) is 6.94. The van der Waals surface area contributed by atoms with Gasteiger partial charge >= 0.3 is 6.03 Å². The van der Waals surface area contributed by atoms with Crippen LogP contribution in [0.4, 0.5) is 4.79 Å². The van der Waals surface area contributed by atoms with Crippen LogP contribution in [0.15, 0.2) is 30.6 Å². The van der Waals surface area contributed by atoms with E-state index in [1.165, 1.54) is 0 Å². The van der Waals surface area contributed by atoms with Gasteiger partial charge in [0.2, 0.25) is 0 Å². The molecule has 4 rings (SSSR count). The highest BCUT2D eigenvalue weighted by Crippen LogP contribution is 2.18.